The van der Waals surface area contributed by atoms with Crippen molar-refractivity contribution in [2.75, 3.05) is 0 Å². The molecule has 0 aromatic heterocycles. The highest BCUT2D eigenvalue weighted by Gasteiger charge is 2.55. The lowest BCUT2D eigenvalue weighted by molar-refractivity contribution is -0.114. The zero-order valence-electron chi connectivity index (χ0n) is 14.0. The fourth-order valence-electron chi connectivity index (χ4n) is 5.91. The van der Waals surface area contributed by atoms with E-state index in [0.29, 0.717) is 24.0 Å². The summed E-state index contributed by atoms with van der Waals surface area (Å²) in [6, 6.07) is 0. The summed E-state index contributed by atoms with van der Waals surface area (Å²) in [7, 11) is 0. The minimum Gasteiger partial charge on any atom is -0.393 e. The lowest BCUT2D eigenvalue weighted by Crippen LogP contribution is -2.44. The molecule has 23 heavy (non-hydrogen) atoms. The van der Waals surface area contributed by atoms with Gasteiger partial charge in [-0.05, 0) is 80.9 Å². The van der Waals surface area contributed by atoms with Gasteiger partial charge in [-0.15, -0.1) is 11.8 Å². The van der Waals surface area contributed by atoms with Crippen molar-refractivity contribution in [3.8, 4) is 11.8 Å². The van der Waals surface area contributed by atoms with Crippen LogP contribution in [0.4, 0.5) is 0 Å². The predicted octanol–water partition coefficient (Wildman–Crippen LogP) is 3.95. The molecule has 0 aliphatic heterocycles. The Balaban J connectivity index is 1.72. The third-order valence-electron chi connectivity index (χ3n) is 7.00. The minimum absolute atomic E-state index is 0.0312. The number of fused-ring (bicyclic) bond motifs is 4. The summed E-state index contributed by atoms with van der Waals surface area (Å²) in [5.74, 6) is 7.86. The Hall–Kier alpha value is -1.33. The maximum atomic E-state index is 11.7. The van der Waals surface area contributed by atoms with Gasteiger partial charge in [0.25, 0.3) is 0 Å². The molecule has 1 N–H and O–H groups in total. The molecule has 0 heterocycles. The molecule has 0 aromatic rings. The van der Waals surface area contributed by atoms with E-state index in [1.54, 1.807) is 5.57 Å². The van der Waals surface area contributed by atoms with E-state index >= 15 is 0 Å². The van der Waals surface area contributed by atoms with Gasteiger partial charge in [-0.2, -0.15) is 0 Å². The molecule has 122 valence electrons. The minimum atomic E-state index is -0.176. The molecule has 2 fully saturated rings. The van der Waals surface area contributed by atoms with Crippen LogP contribution in [0.1, 0.15) is 64.7 Å². The number of carbonyl (C=O) groups is 1. The molecule has 4 aliphatic rings. The molecule has 4 aliphatic carbocycles. The summed E-state index contributed by atoms with van der Waals surface area (Å²) < 4.78 is 0. The van der Waals surface area contributed by atoms with Crippen molar-refractivity contribution in [3.63, 3.8) is 0 Å². The van der Waals surface area contributed by atoms with E-state index < -0.39 is 0 Å². The quantitative estimate of drug-likeness (QED) is 0.745. The van der Waals surface area contributed by atoms with Crippen molar-refractivity contribution >= 4 is 5.78 Å². The number of ketones is 1. The third-order valence-corrected chi connectivity index (χ3v) is 7.00. The molecular formula is C21H26O2. The second-order valence-electron chi connectivity index (χ2n) is 7.82. The first-order valence-corrected chi connectivity index (χ1v) is 9.19. The van der Waals surface area contributed by atoms with Crippen molar-refractivity contribution in [2.45, 2.75) is 70.8 Å². The molecule has 0 spiro atoms. The highest BCUT2D eigenvalue weighted by atomic mass is 16.3. The molecule has 0 saturated heterocycles. The number of hydrogen-bond donors (Lipinski definition) is 1. The van der Waals surface area contributed by atoms with E-state index in [-0.39, 0.29) is 11.5 Å². The second-order valence-corrected chi connectivity index (χ2v) is 7.82. The topological polar surface area (TPSA) is 37.3 Å². The van der Waals surface area contributed by atoms with Crippen LogP contribution < -0.4 is 0 Å². The monoisotopic (exact) mass is 310 g/mol. The van der Waals surface area contributed by atoms with Gasteiger partial charge in [0.15, 0.2) is 5.78 Å². The summed E-state index contributed by atoms with van der Waals surface area (Å²) in [6.45, 7) is 1.90. The molecule has 0 amide bonds. The van der Waals surface area contributed by atoms with Crippen LogP contribution in [-0.4, -0.2) is 17.0 Å². The van der Waals surface area contributed by atoms with Crippen LogP contribution in [0, 0.1) is 29.1 Å². The molecule has 2 heteroatoms. The van der Waals surface area contributed by atoms with Crippen LogP contribution in [0.25, 0.3) is 0 Å². The van der Waals surface area contributed by atoms with Crippen molar-refractivity contribution in [2.24, 2.45) is 17.3 Å². The Bertz CT molecular complexity index is 657. The molecular weight excluding hydrogens is 284 g/mol. The summed E-state index contributed by atoms with van der Waals surface area (Å²) >= 11 is 0. The highest BCUT2D eigenvalue weighted by Crippen LogP contribution is 2.61. The van der Waals surface area contributed by atoms with E-state index in [2.05, 4.69) is 11.8 Å². The van der Waals surface area contributed by atoms with Crippen LogP contribution in [0.5, 0.6) is 0 Å². The van der Waals surface area contributed by atoms with E-state index in [9.17, 15) is 9.90 Å². The first kappa shape index (κ1) is 15.2. The first-order valence-electron chi connectivity index (χ1n) is 9.19. The van der Waals surface area contributed by atoms with Gasteiger partial charge in [-0.3, -0.25) is 4.79 Å². The largest absolute Gasteiger partial charge is 0.393 e. The summed E-state index contributed by atoms with van der Waals surface area (Å²) in [6.07, 6.45) is 10.7. The van der Waals surface area contributed by atoms with Crippen LogP contribution in [0.3, 0.4) is 0 Å². The summed E-state index contributed by atoms with van der Waals surface area (Å²) in [5.41, 5.74) is 4.50. The van der Waals surface area contributed by atoms with Gasteiger partial charge in [0.05, 0.1) is 6.10 Å². The van der Waals surface area contributed by atoms with Gasteiger partial charge >= 0.3 is 0 Å². The Labute approximate surface area is 139 Å². The SMILES string of the molecule is CC#CC[C@]12CCC3=C4CCC(=O)C=C4CC[C@H]3[C@@H]1CC[C@@H]2O. The first-order chi connectivity index (χ1) is 11.2. The Morgan fingerprint density at radius 2 is 2.09 bits per heavy atom. The summed E-state index contributed by atoms with van der Waals surface area (Å²) in [5, 5.41) is 10.7. The van der Waals surface area contributed by atoms with Gasteiger partial charge in [0.2, 0.25) is 0 Å². The van der Waals surface area contributed by atoms with E-state index in [1.807, 2.05) is 13.0 Å². The second kappa shape index (κ2) is 5.64. The van der Waals surface area contributed by atoms with Crippen molar-refractivity contribution < 1.29 is 9.90 Å². The van der Waals surface area contributed by atoms with Crippen LogP contribution in [0.2, 0.25) is 0 Å². The lowest BCUT2D eigenvalue weighted by atomic mass is 9.56. The standard InChI is InChI=1S/C21H26O2/c1-2-3-11-21-12-10-17-16-7-5-15(22)13-14(16)4-6-18(17)19(21)8-9-20(21)23/h13,18-20,23H,4-12H2,1H3/t18-,19+,20+,21+/m1/s1. The molecule has 0 aromatic carbocycles. The number of carbonyl (C=O) groups excluding carboxylic acids is 1. The number of hydrogen-bond acceptors (Lipinski definition) is 2. The Morgan fingerprint density at radius 3 is 2.91 bits per heavy atom. The predicted molar refractivity (Wildman–Crippen MR) is 90.5 cm³/mol. The zero-order valence-corrected chi connectivity index (χ0v) is 14.0. The molecule has 0 radical (unpaired) electrons. The maximum Gasteiger partial charge on any atom is 0.156 e. The van der Waals surface area contributed by atoms with E-state index in [4.69, 9.17) is 0 Å². The van der Waals surface area contributed by atoms with Crippen molar-refractivity contribution in [3.05, 3.63) is 22.8 Å². The fraction of sp³-hybridized carbons (Fsp3) is 0.667. The molecule has 2 nitrogen and oxygen atoms in total. The zero-order chi connectivity index (χ0) is 16.0. The average molecular weight is 310 g/mol. The highest BCUT2D eigenvalue weighted by molar-refractivity contribution is 5.93. The van der Waals surface area contributed by atoms with Gasteiger partial charge < -0.3 is 5.11 Å². The number of aliphatic hydroxyl groups excluding tert-OH is 1. The number of rotatable bonds is 1. The van der Waals surface area contributed by atoms with E-state index in [1.165, 1.54) is 11.1 Å². The maximum absolute atomic E-state index is 11.7. The summed E-state index contributed by atoms with van der Waals surface area (Å²) in [4.78, 5) is 11.7. The van der Waals surface area contributed by atoms with Gasteiger partial charge in [0.1, 0.15) is 0 Å². The van der Waals surface area contributed by atoms with Gasteiger partial charge in [0, 0.05) is 18.3 Å². The molecule has 4 rings (SSSR count). The number of aliphatic hydroxyl groups is 1. The Morgan fingerprint density at radius 1 is 1.22 bits per heavy atom. The number of allylic oxidation sites excluding steroid dienone is 4. The Kier molecular flexibility index (Phi) is 3.73. The lowest BCUT2D eigenvalue weighted by Gasteiger charge is -2.49. The molecule has 4 atom stereocenters. The van der Waals surface area contributed by atoms with Gasteiger partial charge in [-0.1, -0.05) is 5.57 Å². The smallest absolute Gasteiger partial charge is 0.156 e. The van der Waals surface area contributed by atoms with Crippen LogP contribution >= 0.6 is 0 Å². The van der Waals surface area contributed by atoms with Gasteiger partial charge in [-0.25, -0.2) is 0 Å². The molecule has 0 unspecified atom stereocenters. The molecule has 2 saturated carbocycles. The van der Waals surface area contributed by atoms with Crippen LogP contribution in [-0.2, 0) is 4.79 Å². The third kappa shape index (κ3) is 2.24. The van der Waals surface area contributed by atoms with E-state index in [0.717, 1.165) is 51.4 Å². The normalized spacial score (nSPS) is 39.0. The van der Waals surface area contributed by atoms with Crippen LogP contribution in [0.15, 0.2) is 22.8 Å². The molecule has 0 bridgehead atoms. The fourth-order valence-corrected chi connectivity index (χ4v) is 5.91. The van der Waals surface area contributed by atoms with Crippen molar-refractivity contribution in [1.29, 1.82) is 0 Å². The van der Waals surface area contributed by atoms with Crippen molar-refractivity contribution in [1.82, 2.24) is 0 Å². The average Bonchev–Trinajstić information content (AvgIpc) is 2.89.